The van der Waals surface area contributed by atoms with E-state index in [9.17, 15) is 4.79 Å². The molecule has 192 valence electrons. The molecular formula is C32H42N2O2. The van der Waals surface area contributed by atoms with E-state index in [2.05, 4.69) is 72.7 Å². The lowest BCUT2D eigenvalue weighted by atomic mass is 9.85. The van der Waals surface area contributed by atoms with Crippen molar-refractivity contribution >= 4 is 12.0 Å². The lowest BCUT2D eigenvalue weighted by Crippen LogP contribution is -2.42. The van der Waals surface area contributed by atoms with Gasteiger partial charge in [0.15, 0.2) is 0 Å². The van der Waals surface area contributed by atoms with Gasteiger partial charge in [0.1, 0.15) is 0 Å². The minimum atomic E-state index is 0.145. The zero-order chi connectivity index (χ0) is 24.9. The lowest BCUT2D eigenvalue weighted by molar-refractivity contribution is -0.118. The molecule has 4 heteroatoms. The third-order valence-corrected chi connectivity index (χ3v) is 8.59. The van der Waals surface area contributed by atoms with Crippen LogP contribution in [-0.4, -0.2) is 49.7 Å². The normalized spacial score (nSPS) is 23.0. The third kappa shape index (κ3) is 6.27. The molecular weight excluding hydrogens is 444 g/mol. The van der Waals surface area contributed by atoms with Gasteiger partial charge in [-0.15, -0.1) is 0 Å². The fourth-order valence-corrected chi connectivity index (χ4v) is 6.24. The molecule has 5 rings (SSSR count). The van der Waals surface area contributed by atoms with Gasteiger partial charge < -0.3 is 15.0 Å². The van der Waals surface area contributed by atoms with Crippen LogP contribution in [0.5, 0.6) is 0 Å². The molecule has 36 heavy (non-hydrogen) atoms. The maximum absolute atomic E-state index is 13.3. The number of carbonyl (C=O) groups excluding carboxylic acids is 1. The second-order valence-corrected chi connectivity index (χ2v) is 11.3. The summed E-state index contributed by atoms with van der Waals surface area (Å²) < 4.78 is 5.53. The first-order valence-electron chi connectivity index (χ1n) is 14.0. The van der Waals surface area contributed by atoms with Crippen LogP contribution >= 0.6 is 0 Å². The van der Waals surface area contributed by atoms with Gasteiger partial charge in [-0.3, -0.25) is 4.79 Å². The molecule has 1 saturated heterocycles. The summed E-state index contributed by atoms with van der Waals surface area (Å²) in [5.74, 6) is 0.890. The number of benzene rings is 2. The number of carbonyl (C=O) groups is 1. The number of amides is 1. The predicted molar refractivity (Wildman–Crippen MR) is 148 cm³/mol. The molecule has 0 atom stereocenters. The highest BCUT2D eigenvalue weighted by Crippen LogP contribution is 2.30. The summed E-state index contributed by atoms with van der Waals surface area (Å²) in [4.78, 5) is 15.8. The molecule has 2 aliphatic carbocycles. The Morgan fingerprint density at radius 3 is 2.42 bits per heavy atom. The Labute approximate surface area is 217 Å². The van der Waals surface area contributed by atoms with Gasteiger partial charge in [0.2, 0.25) is 5.91 Å². The molecule has 2 aromatic rings. The van der Waals surface area contributed by atoms with Crippen LogP contribution in [0.4, 0.5) is 0 Å². The van der Waals surface area contributed by atoms with Crippen molar-refractivity contribution in [2.24, 2.45) is 5.92 Å². The maximum Gasteiger partial charge on any atom is 0.247 e. The van der Waals surface area contributed by atoms with Crippen molar-refractivity contribution in [3.63, 3.8) is 0 Å². The van der Waals surface area contributed by atoms with Gasteiger partial charge >= 0.3 is 0 Å². The van der Waals surface area contributed by atoms with Crippen LogP contribution < -0.4 is 5.32 Å². The molecule has 1 saturated carbocycles. The van der Waals surface area contributed by atoms with Crippen molar-refractivity contribution in [3.8, 4) is 11.1 Å². The SMILES string of the molecule is Cc1ccc(-c2ccc3c(c2)C=C(C(=O)NC2CCC(CN(C)C4CCOCC4)CC2)CCC3)cc1. The Bertz CT molecular complexity index is 1060. The smallest absolute Gasteiger partial charge is 0.247 e. The van der Waals surface area contributed by atoms with E-state index in [0.717, 1.165) is 69.7 Å². The Kier molecular flexibility index (Phi) is 8.23. The summed E-state index contributed by atoms with van der Waals surface area (Å²) in [6.45, 7) is 5.10. The summed E-state index contributed by atoms with van der Waals surface area (Å²) in [6.07, 6.45) is 12.0. The van der Waals surface area contributed by atoms with E-state index in [1.807, 2.05) is 0 Å². The second kappa shape index (κ2) is 11.7. The van der Waals surface area contributed by atoms with Gasteiger partial charge in [-0.25, -0.2) is 0 Å². The molecule has 0 radical (unpaired) electrons. The Morgan fingerprint density at radius 2 is 1.67 bits per heavy atom. The van der Waals surface area contributed by atoms with Gasteiger partial charge in [0.25, 0.3) is 0 Å². The third-order valence-electron chi connectivity index (χ3n) is 8.59. The topological polar surface area (TPSA) is 41.6 Å². The number of hydrogen-bond acceptors (Lipinski definition) is 3. The van der Waals surface area contributed by atoms with E-state index in [1.165, 1.54) is 47.2 Å². The monoisotopic (exact) mass is 486 g/mol. The highest BCUT2D eigenvalue weighted by atomic mass is 16.5. The molecule has 4 nitrogen and oxygen atoms in total. The average molecular weight is 487 g/mol. The fraction of sp³-hybridized carbons (Fsp3) is 0.531. The number of ether oxygens (including phenoxy) is 1. The van der Waals surface area contributed by atoms with Crippen LogP contribution in [0.15, 0.2) is 48.0 Å². The number of nitrogens with one attached hydrogen (secondary N) is 1. The molecule has 1 heterocycles. The van der Waals surface area contributed by atoms with Crippen LogP contribution in [0.3, 0.4) is 0 Å². The Morgan fingerprint density at radius 1 is 0.944 bits per heavy atom. The van der Waals surface area contributed by atoms with E-state index in [-0.39, 0.29) is 5.91 Å². The van der Waals surface area contributed by atoms with Gasteiger partial charge in [0, 0.05) is 37.4 Å². The fourth-order valence-electron chi connectivity index (χ4n) is 6.24. The first-order valence-corrected chi connectivity index (χ1v) is 14.0. The maximum atomic E-state index is 13.3. The number of rotatable bonds is 6. The first kappa shape index (κ1) is 25.2. The molecule has 0 unspecified atom stereocenters. The summed E-state index contributed by atoms with van der Waals surface area (Å²) in [6, 6.07) is 16.4. The zero-order valence-corrected chi connectivity index (χ0v) is 22.1. The minimum Gasteiger partial charge on any atom is -0.381 e. The van der Waals surface area contributed by atoms with Crippen LogP contribution in [0.25, 0.3) is 17.2 Å². The molecule has 2 fully saturated rings. The summed E-state index contributed by atoms with van der Waals surface area (Å²) in [7, 11) is 2.28. The molecule has 0 spiro atoms. The molecule has 3 aliphatic rings. The zero-order valence-electron chi connectivity index (χ0n) is 22.1. The summed E-state index contributed by atoms with van der Waals surface area (Å²) >= 11 is 0. The van der Waals surface area contributed by atoms with Crippen molar-refractivity contribution in [1.29, 1.82) is 0 Å². The number of aryl methyl sites for hydroxylation is 2. The van der Waals surface area contributed by atoms with E-state index in [0.29, 0.717) is 12.1 Å². The van der Waals surface area contributed by atoms with Gasteiger partial charge in [-0.1, -0.05) is 42.0 Å². The lowest BCUT2D eigenvalue weighted by Gasteiger charge is -2.36. The molecule has 1 amide bonds. The molecule has 2 aromatic carbocycles. The van der Waals surface area contributed by atoms with E-state index in [4.69, 9.17) is 4.74 Å². The summed E-state index contributed by atoms with van der Waals surface area (Å²) in [5, 5.41) is 3.40. The van der Waals surface area contributed by atoms with Crippen molar-refractivity contribution in [3.05, 3.63) is 64.7 Å². The van der Waals surface area contributed by atoms with Crippen LogP contribution in [0, 0.1) is 12.8 Å². The van der Waals surface area contributed by atoms with E-state index >= 15 is 0 Å². The van der Waals surface area contributed by atoms with Crippen molar-refractivity contribution < 1.29 is 9.53 Å². The highest BCUT2D eigenvalue weighted by molar-refractivity contribution is 5.98. The van der Waals surface area contributed by atoms with Crippen LogP contribution in [0.2, 0.25) is 0 Å². The van der Waals surface area contributed by atoms with Crippen LogP contribution in [0.1, 0.15) is 68.1 Å². The second-order valence-electron chi connectivity index (χ2n) is 11.3. The van der Waals surface area contributed by atoms with Gasteiger partial charge in [-0.2, -0.15) is 0 Å². The molecule has 0 aromatic heterocycles. The number of fused-ring (bicyclic) bond motifs is 1. The minimum absolute atomic E-state index is 0.145. The Balaban J connectivity index is 1.18. The number of nitrogens with zero attached hydrogens (tertiary/aromatic N) is 1. The van der Waals surface area contributed by atoms with E-state index in [1.54, 1.807) is 0 Å². The summed E-state index contributed by atoms with van der Waals surface area (Å²) in [5.41, 5.74) is 7.21. The van der Waals surface area contributed by atoms with Gasteiger partial charge in [0.05, 0.1) is 0 Å². The molecule has 1 aliphatic heterocycles. The largest absolute Gasteiger partial charge is 0.381 e. The highest BCUT2D eigenvalue weighted by Gasteiger charge is 2.27. The average Bonchev–Trinajstić information content (AvgIpc) is 3.13. The van der Waals surface area contributed by atoms with Crippen molar-refractivity contribution in [2.45, 2.75) is 76.8 Å². The van der Waals surface area contributed by atoms with Crippen molar-refractivity contribution in [1.82, 2.24) is 10.2 Å². The molecule has 0 bridgehead atoms. The Hall–Kier alpha value is -2.43. The predicted octanol–water partition coefficient (Wildman–Crippen LogP) is 6.17. The van der Waals surface area contributed by atoms with Gasteiger partial charge in [-0.05, 0) is 112 Å². The molecule has 1 N–H and O–H groups in total. The van der Waals surface area contributed by atoms with Crippen molar-refractivity contribution in [2.75, 3.05) is 26.8 Å². The van der Waals surface area contributed by atoms with E-state index < -0.39 is 0 Å². The standard InChI is InChI=1S/C32H42N2O2/c1-23-6-10-26(11-7-23)27-13-12-25-4-3-5-28(21-29(25)20-27)32(35)33-30-14-8-24(9-15-30)22-34(2)31-16-18-36-19-17-31/h6-7,10-13,20-21,24,30-31H,3-5,8-9,14-19,22H2,1-2H3,(H,33,35). The number of hydrogen-bond donors (Lipinski definition) is 1. The first-order chi connectivity index (χ1) is 17.5. The quantitative estimate of drug-likeness (QED) is 0.531. The van der Waals surface area contributed by atoms with Crippen LogP contribution in [-0.2, 0) is 16.0 Å².